The van der Waals surface area contributed by atoms with Gasteiger partial charge in [-0.2, -0.15) is 0 Å². The van der Waals surface area contributed by atoms with Crippen molar-refractivity contribution in [2.45, 2.75) is 25.8 Å². The summed E-state index contributed by atoms with van der Waals surface area (Å²) in [7, 11) is 0. The molecule has 0 unspecified atom stereocenters. The van der Waals surface area contributed by atoms with Gasteiger partial charge in [0.15, 0.2) is 0 Å². The second kappa shape index (κ2) is 4.58. The van der Waals surface area contributed by atoms with Gasteiger partial charge in [0.25, 0.3) is 0 Å². The van der Waals surface area contributed by atoms with Crippen molar-refractivity contribution >= 4 is 15.9 Å². The summed E-state index contributed by atoms with van der Waals surface area (Å²) in [6.45, 7) is 2.14. The first-order valence-corrected chi connectivity index (χ1v) is 4.90. The van der Waals surface area contributed by atoms with Gasteiger partial charge in [-0.25, -0.2) is 4.98 Å². The second-order valence-corrected chi connectivity index (χ2v) is 3.62. The van der Waals surface area contributed by atoms with E-state index in [9.17, 15) is 0 Å². The normalized spacial score (nSPS) is 12.9. The molecule has 0 aliphatic heterocycles. The van der Waals surface area contributed by atoms with Crippen LogP contribution in [0.15, 0.2) is 22.9 Å². The summed E-state index contributed by atoms with van der Waals surface area (Å²) in [6.07, 6.45) is 3.91. The highest BCUT2D eigenvalue weighted by molar-refractivity contribution is 9.10. The molecule has 1 rings (SSSR count). The highest BCUT2D eigenvalue weighted by atomic mass is 79.9. The van der Waals surface area contributed by atoms with Crippen LogP contribution < -0.4 is 5.73 Å². The average molecular weight is 229 g/mol. The Hall–Kier alpha value is -0.410. The fourth-order valence-corrected chi connectivity index (χ4v) is 1.51. The smallest absolute Gasteiger partial charge is 0.106 e. The fourth-order valence-electron chi connectivity index (χ4n) is 1.13. The topological polar surface area (TPSA) is 38.9 Å². The molecule has 0 radical (unpaired) electrons. The van der Waals surface area contributed by atoms with E-state index in [4.69, 9.17) is 5.73 Å². The molecule has 1 aromatic rings. The molecule has 3 heteroatoms. The van der Waals surface area contributed by atoms with Crippen LogP contribution in [0.3, 0.4) is 0 Å². The summed E-state index contributed by atoms with van der Waals surface area (Å²) in [5.74, 6) is 0. The van der Waals surface area contributed by atoms with Gasteiger partial charge in [-0.15, -0.1) is 0 Å². The van der Waals surface area contributed by atoms with Gasteiger partial charge in [-0.3, -0.25) is 0 Å². The molecule has 0 saturated carbocycles. The van der Waals surface area contributed by atoms with Crippen LogP contribution in [-0.2, 0) is 0 Å². The van der Waals surface area contributed by atoms with E-state index in [1.165, 1.54) is 0 Å². The van der Waals surface area contributed by atoms with Crippen LogP contribution in [0, 0.1) is 0 Å². The van der Waals surface area contributed by atoms with Crippen LogP contribution in [0.5, 0.6) is 0 Å². The Balaban J connectivity index is 2.73. The van der Waals surface area contributed by atoms with Crippen molar-refractivity contribution in [1.82, 2.24) is 4.98 Å². The summed E-state index contributed by atoms with van der Waals surface area (Å²) in [6, 6.07) is 4.08. The third-order valence-electron chi connectivity index (χ3n) is 1.78. The largest absolute Gasteiger partial charge is 0.324 e. The lowest BCUT2D eigenvalue weighted by Gasteiger charge is -2.09. The molecule has 12 heavy (non-hydrogen) atoms. The lowest BCUT2D eigenvalue weighted by molar-refractivity contribution is 0.637. The lowest BCUT2D eigenvalue weighted by atomic mass is 10.1. The first-order valence-electron chi connectivity index (χ1n) is 4.11. The molecule has 1 atom stereocenters. The molecule has 2 nitrogen and oxygen atoms in total. The molecule has 0 aromatic carbocycles. The van der Waals surface area contributed by atoms with Crippen molar-refractivity contribution in [3.8, 4) is 0 Å². The Labute approximate surface area is 81.3 Å². The van der Waals surface area contributed by atoms with E-state index in [2.05, 4.69) is 27.8 Å². The summed E-state index contributed by atoms with van der Waals surface area (Å²) in [5, 5.41) is 0. The molecule has 66 valence electrons. The Morgan fingerprint density at radius 1 is 1.67 bits per heavy atom. The number of nitrogens with two attached hydrogens (primary N) is 1. The number of hydrogen-bond acceptors (Lipinski definition) is 2. The van der Waals surface area contributed by atoms with E-state index < -0.39 is 0 Å². The molecule has 0 aliphatic rings. The molecule has 2 N–H and O–H groups in total. The first kappa shape index (κ1) is 9.68. The summed E-state index contributed by atoms with van der Waals surface area (Å²) in [4.78, 5) is 4.04. The molecular formula is C9H13BrN2. The third-order valence-corrected chi connectivity index (χ3v) is 2.21. The van der Waals surface area contributed by atoms with Gasteiger partial charge in [0.05, 0.1) is 0 Å². The van der Waals surface area contributed by atoms with Gasteiger partial charge >= 0.3 is 0 Å². The van der Waals surface area contributed by atoms with Gasteiger partial charge in [0.2, 0.25) is 0 Å². The Morgan fingerprint density at radius 2 is 2.42 bits per heavy atom. The Bertz CT molecular complexity index is 250. The zero-order chi connectivity index (χ0) is 8.97. The molecule has 0 spiro atoms. The quantitative estimate of drug-likeness (QED) is 0.809. The molecule has 0 bridgehead atoms. The van der Waals surface area contributed by atoms with E-state index in [1.54, 1.807) is 6.20 Å². The molecule has 0 amide bonds. The van der Waals surface area contributed by atoms with Crippen LogP contribution in [0.1, 0.15) is 31.4 Å². The lowest BCUT2D eigenvalue weighted by Crippen LogP contribution is -2.09. The number of pyridine rings is 1. The minimum atomic E-state index is 0.147. The number of halogens is 1. The maximum Gasteiger partial charge on any atom is 0.106 e. The predicted molar refractivity (Wildman–Crippen MR) is 53.8 cm³/mol. The van der Waals surface area contributed by atoms with Gasteiger partial charge in [0.1, 0.15) is 4.60 Å². The highest BCUT2D eigenvalue weighted by Gasteiger charge is 2.04. The molecule has 1 heterocycles. The van der Waals surface area contributed by atoms with E-state index in [-0.39, 0.29) is 6.04 Å². The van der Waals surface area contributed by atoms with Crippen molar-refractivity contribution in [1.29, 1.82) is 0 Å². The monoisotopic (exact) mass is 228 g/mol. The molecule has 1 aromatic heterocycles. The third kappa shape index (κ3) is 2.57. The van der Waals surface area contributed by atoms with Crippen molar-refractivity contribution in [3.63, 3.8) is 0 Å². The van der Waals surface area contributed by atoms with Crippen LogP contribution in [0.25, 0.3) is 0 Å². The summed E-state index contributed by atoms with van der Waals surface area (Å²) >= 11 is 3.31. The van der Waals surface area contributed by atoms with E-state index >= 15 is 0 Å². The maximum absolute atomic E-state index is 5.93. The summed E-state index contributed by atoms with van der Waals surface area (Å²) in [5.41, 5.74) is 7.08. The fraction of sp³-hybridized carbons (Fsp3) is 0.444. The predicted octanol–water partition coefficient (Wildman–Crippen LogP) is 2.64. The molecule has 0 saturated heterocycles. The minimum absolute atomic E-state index is 0.147. The average Bonchev–Trinajstić information content (AvgIpc) is 2.05. The van der Waals surface area contributed by atoms with Crippen LogP contribution in [0.2, 0.25) is 0 Å². The van der Waals surface area contributed by atoms with Crippen LogP contribution >= 0.6 is 15.9 Å². The Morgan fingerprint density at radius 3 is 3.00 bits per heavy atom. The highest BCUT2D eigenvalue weighted by Crippen LogP contribution is 2.17. The van der Waals surface area contributed by atoms with Crippen LogP contribution in [0.4, 0.5) is 0 Å². The number of rotatable bonds is 3. The van der Waals surface area contributed by atoms with E-state index in [0.29, 0.717) is 0 Å². The summed E-state index contributed by atoms with van der Waals surface area (Å²) < 4.78 is 0.853. The van der Waals surface area contributed by atoms with E-state index in [1.807, 2.05) is 12.1 Å². The van der Waals surface area contributed by atoms with Gasteiger partial charge in [-0.1, -0.05) is 13.3 Å². The maximum atomic E-state index is 5.93. The zero-order valence-electron chi connectivity index (χ0n) is 7.13. The van der Waals surface area contributed by atoms with Crippen molar-refractivity contribution in [3.05, 3.63) is 28.5 Å². The minimum Gasteiger partial charge on any atom is -0.324 e. The first-order chi connectivity index (χ1) is 5.74. The van der Waals surface area contributed by atoms with Crippen LogP contribution in [-0.4, -0.2) is 4.98 Å². The van der Waals surface area contributed by atoms with Crippen molar-refractivity contribution < 1.29 is 0 Å². The standard InChI is InChI=1S/C9H13BrN2/c1-2-3-8(11)7-4-5-12-9(10)6-7/h4-6,8H,2-3,11H2,1H3/t8-/m1/s1. The Kier molecular flexibility index (Phi) is 3.69. The number of nitrogens with zero attached hydrogens (tertiary/aromatic N) is 1. The van der Waals surface area contributed by atoms with E-state index in [0.717, 1.165) is 23.0 Å². The van der Waals surface area contributed by atoms with Gasteiger partial charge in [-0.05, 0) is 40.0 Å². The van der Waals surface area contributed by atoms with Gasteiger partial charge < -0.3 is 5.73 Å². The zero-order valence-corrected chi connectivity index (χ0v) is 8.71. The molecule has 0 fully saturated rings. The van der Waals surface area contributed by atoms with Crippen molar-refractivity contribution in [2.75, 3.05) is 0 Å². The number of aromatic nitrogens is 1. The second-order valence-electron chi connectivity index (χ2n) is 2.81. The number of hydrogen-bond donors (Lipinski definition) is 1. The molecule has 0 aliphatic carbocycles. The SMILES string of the molecule is CCC[C@@H](N)c1ccnc(Br)c1. The molecular weight excluding hydrogens is 216 g/mol. The van der Waals surface area contributed by atoms with Crippen molar-refractivity contribution in [2.24, 2.45) is 5.73 Å². The van der Waals surface area contributed by atoms with Gasteiger partial charge in [0, 0.05) is 12.2 Å².